The predicted molar refractivity (Wildman–Crippen MR) is 104 cm³/mol. The maximum absolute atomic E-state index is 12.4. The molecule has 26 heavy (non-hydrogen) atoms. The van der Waals surface area contributed by atoms with Gasteiger partial charge in [0.1, 0.15) is 5.75 Å². The molecule has 1 aliphatic heterocycles. The largest absolute Gasteiger partial charge is 0.342 e. The Balaban J connectivity index is 1.36. The van der Waals surface area contributed by atoms with Crippen molar-refractivity contribution in [1.82, 2.24) is 10.2 Å². The lowest BCUT2D eigenvalue weighted by Crippen LogP contribution is -2.47. The standard InChI is InChI=1S/C20H30N2O3S/c23-20(22-12-10-19(11-13-22)21-15-18-8-9-18)16-26(24,25)14-4-7-17-5-2-1-3-6-17/h1-3,5-6,18-19,21H,4,7-16H2. The molecule has 1 saturated heterocycles. The Morgan fingerprint density at radius 1 is 1.08 bits per heavy atom. The molecule has 0 atom stereocenters. The number of sulfone groups is 1. The molecule has 1 heterocycles. The van der Waals surface area contributed by atoms with Gasteiger partial charge in [0.05, 0.1) is 5.75 Å². The summed E-state index contributed by atoms with van der Waals surface area (Å²) in [6, 6.07) is 10.3. The Morgan fingerprint density at radius 3 is 2.42 bits per heavy atom. The molecule has 1 aromatic rings. The number of carbonyl (C=O) groups is 1. The molecule has 2 fully saturated rings. The molecule has 0 unspecified atom stereocenters. The normalized spacial score (nSPS) is 18.8. The maximum Gasteiger partial charge on any atom is 0.237 e. The molecule has 5 nitrogen and oxygen atoms in total. The van der Waals surface area contributed by atoms with Crippen LogP contribution in [0.5, 0.6) is 0 Å². The number of hydrogen-bond acceptors (Lipinski definition) is 4. The molecular formula is C20H30N2O3S. The van der Waals surface area contributed by atoms with Crippen LogP contribution in [0.2, 0.25) is 0 Å². The minimum atomic E-state index is -3.33. The van der Waals surface area contributed by atoms with Crippen molar-refractivity contribution in [1.29, 1.82) is 0 Å². The molecule has 1 aliphatic carbocycles. The van der Waals surface area contributed by atoms with Crippen LogP contribution in [-0.4, -0.2) is 56.4 Å². The van der Waals surface area contributed by atoms with E-state index in [1.807, 2.05) is 30.3 Å². The quantitative estimate of drug-likeness (QED) is 0.714. The number of carbonyl (C=O) groups excluding carboxylic acids is 1. The summed E-state index contributed by atoms with van der Waals surface area (Å²) in [4.78, 5) is 14.1. The van der Waals surface area contributed by atoms with Crippen molar-refractivity contribution in [2.45, 2.75) is 44.6 Å². The van der Waals surface area contributed by atoms with Gasteiger partial charge in [0, 0.05) is 19.1 Å². The zero-order valence-electron chi connectivity index (χ0n) is 15.4. The van der Waals surface area contributed by atoms with E-state index < -0.39 is 9.84 Å². The minimum Gasteiger partial charge on any atom is -0.342 e. The first-order chi connectivity index (χ1) is 12.5. The summed E-state index contributed by atoms with van der Waals surface area (Å²) in [5.74, 6) is 0.357. The van der Waals surface area contributed by atoms with Gasteiger partial charge in [-0.1, -0.05) is 30.3 Å². The van der Waals surface area contributed by atoms with Gasteiger partial charge in [0.2, 0.25) is 5.91 Å². The van der Waals surface area contributed by atoms with Crippen molar-refractivity contribution >= 4 is 15.7 Å². The van der Waals surface area contributed by atoms with Crippen molar-refractivity contribution in [2.75, 3.05) is 31.1 Å². The van der Waals surface area contributed by atoms with E-state index >= 15 is 0 Å². The first-order valence-electron chi connectivity index (χ1n) is 9.77. The lowest BCUT2D eigenvalue weighted by atomic mass is 10.0. The summed E-state index contributed by atoms with van der Waals surface area (Å²) in [7, 11) is -3.33. The van der Waals surface area contributed by atoms with E-state index in [1.165, 1.54) is 12.8 Å². The summed E-state index contributed by atoms with van der Waals surface area (Å²) in [6.45, 7) is 2.43. The van der Waals surface area contributed by atoms with Crippen LogP contribution in [0.25, 0.3) is 0 Å². The Kier molecular flexibility index (Phi) is 6.70. The van der Waals surface area contributed by atoms with Gasteiger partial charge in [-0.05, 0) is 56.6 Å². The van der Waals surface area contributed by atoms with E-state index in [2.05, 4.69) is 5.32 Å². The topological polar surface area (TPSA) is 66.5 Å². The zero-order chi connectivity index (χ0) is 18.4. The third-order valence-corrected chi connectivity index (χ3v) is 6.94. The van der Waals surface area contributed by atoms with Crippen molar-refractivity contribution in [3.63, 3.8) is 0 Å². The number of nitrogens with one attached hydrogen (secondary N) is 1. The van der Waals surface area contributed by atoms with Crippen molar-refractivity contribution in [3.8, 4) is 0 Å². The number of aryl methyl sites for hydroxylation is 1. The van der Waals surface area contributed by atoms with E-state index in [0.717, 1.165) is 37.3 Å². The third-order valence-electron chi connectivity index (χ3n) is 5.35. The van der Waals surface area contributed by atoms with Gasteiger partial charge >= 0.3 is 0 Å². The molecule has 0 spiro atoms. The number of hydrogen-bond donors (Lipinski definition) is 1. The molecule has 0 bridgehead atoms. The molecule has 1 amide bonds. The van der Waals surface area contributed by atoms with Crippen molar-refractivity contribution < 1.29 is 13.2 Å². The third kappa shape index (κ3) is 6.40. The number of piperidine rings is 1. The fourth-order valence-electron chi connectivity index (χ4n) is 3.48. The lowest BCUT2D eigenvalue weighted by Gasteiger charge is -2.32. The molecule has 6 heteroatoms. The van der Waals surface area contributed by atoms with Crippen LogP contribution in [0.1, 0.15) is 37.7 Å². The lowest BCUT2D eigenvalue weighted by molar-refractivity contribution is -0.129. The smallest absolute Gasteiger partial charge is 0.237 e. The van der Waals surface area contributed by atoms with Crippen LogP contribution in [0, 0.1) is 5.92 Å². The summed E-state index contributed by atoms with van der Waals surface area (Å²) in [5.41, 5.74) is 1.13. The Bertz CT molecular complexity index is 678. The second-order valence-corrected chi connectivity index (χ2v) is 9.87. The van der Waals surface area contributed by atoms with Crippen LogP contribution < -0.4 is 5.32 Å². The van der Waals surface area contributed by atoms with E-state index in [0.29, 0.717) is 25.6 Å². The minimum absolute atomic E-state index is 0.0764. The fourth-order valence-corrected chi connectivity index (χ4v) is 4.77. The Hall–Kier alpha value is -1.40. The Labute approximate surface area is 157 Å². The average molecular weight is 379 g/mol. The molecule has 1 N–H and O–H groups in total. The molecule has 2 aliphatic rings. The number of rotatable bonds is 9. The number of likely N-dealkylation sites (tertiary alicyclic amines) is 1. The van der Waals surface area contributed by atoms with Gasteiger partial charge < -0.3 is 10.2 Å². The predicted octanol–water partition coefficient (Wildman–Crippen LogP) is 2.02. The molecule has 1 saturated carbocycles. The van der Waals surface area contributed by atoms with Gasteiger partial charge in [-0.15, -0.1) is 0 Å². The van der Waals surface area contributed by atoms with E-state index in [1.54, 1.807) is 4.90 Å². The van der Waals surface area contributed by atoms with Crippen LogP contribution in [0.4, 0.5) is 0 Å². The number of nitrogens with zero attached hydrogens (tertiary/aromatic N) is 1. The summed E-state index contributed by atoms with van der Waals surface area (Å²) < 4.78 is 24.5. The summed E-state index contributed by atoms with van der Waals surface area (Å²) in [5, 5.41) is 3.58. The van der Waals surface area contributed by atoms with Crippen LogP contribution in [0.3, 0.4) is 0 Å². The highest BCUT2D eigenvalue weighted by atomic mass is 32.2. The van der Waals surface area contributed by atoms with Gasteiger partial charge in [0.15, 0.2) is 9.84 Å². The summed E-state index contributed by atoms with van der Waals surface area (Å²) in [6.07, 6.45) is 5.82. The van der Waals surface area contributed by atoms with Gasteiger partial charge in [-0.3, -0.25) is 4.79 Å². The van der Waals surface area contributed by atoms with Gasteiger partial charge in [0.25, 0.3) is 0 Å². The highest BCUT2D eigenvalue weighted by Crippen LogP contribution is 2.28. The number of amides is 1. The highest BCUT2D eigenvalue weighted by Gasteiger charge is 2.27. The number of benzene rings is 1. The molecular weight excluding hydrogens is 348 g/mol. The van der Waals surface area contributed by atoms with Crippen LogP contribution in [-0.2, 0) is 21.1 Å². The maximum atomic E-state index is 12.4. The summed E-state index contributed by atoms with van der Waals surface area (Å²) >= 11 is 0. The van der Waals surface area contributed by atoms with E-state index in [4.69, 9.17) is 0 Å². The van der Waals surface area contributed by atoms with Crippen molar-refractivity contribution in [3.05, 3.63) is 35.9 Å². The van der Waals surface area contributed by atoms with Crippen LogP contribution >= 0.6 is 0 Å². The second kappa shape index (κ2) is 9.00. The van der Waals surface area contributed by atoms with Crippen LogP contribution in [0.15, 0.2) is 30.3 Å². The molecule has 144 valence electrons. The first kappa shape index (κ1) is 19.4. The van der Waals surface area contributed by atoms with E-state index in [9.17, 15) is 13.2 Å². The monoisotopic (exact) mass is 378 g/mol. The zero-order valence-corrected chi connectivity index (χ0v) is 16.2. The highest BCUT2D eigenvalue weighted by molar-refractivity contribution is 7.92. The van der Waals surface area contributed by atoms with Gasteiger partial charge in [-0.25, -0.2) is 8.42 Å². The fraction of sp³-hybridized carbons (Fsp3) is 0.650. The average Bonchev–Trinajstić information content (AvgIpc) is 3.45. The van der Waals surface area contributed by atoms with Gasteiger partial charge in [-0.2, -0.15) is 0 Å². The van der Waals surface area contributed by atoms with E-state index in [-0.39, 0.29) is 17.4 Å². The molecule has 0 radical (unpaired) electrons. The SMILES string of the molecule is O=C(CS(=O)(=O)CCCc1ccccc1)N1CCC(NCC2CC2)CC1. The molecule has 1 aromatic carbocycles. The molecule has 0 aromatic heterocycles. The van der Waals surface area contributed by atoms with Crippen molar-refractivity contribution in [2.24, 2.45) is 5.92 Å². The second-order valence-electron chi connectivity index (χ2n) is 7.69. The first-order valence-corrected chi connectivity index (χ1v) is 11.6. The molecule has 3 rings (SSSR count). The Morgan fingerprint density at radius 2 is 1.77 bits per heavy atom.